The Labute approximate surface area is 172 Å². The molecule has 1 saturated carbocycles. The van der Waals surface area contributed by atoms with Crippen LogP contribution in [0.3, 0.4) is 0 Å². The predicted octanol–water partition coefficient (Wildman–Crippen LogP) is 4.69. The smallest absolute Gasteiger partial charge is 0.172 e. The molecule has 0 radical (unpaired) electrons. The van der Waals surface area contributed by atoms with Gasteiger partial charge >= 0.3 is 0 Å². The van der Waals surface area contributed by atoms with E-state index in [9.17, 15) is 0 Å². The van der Waals surface area contributed by atoms with Gasteiger partial charge in [0, 0.05) is 12.3 Å². The van der Waals surface area contributed by atoms with Crippen LogP contribution < -0.4 is 0 Å². The van der Waals surface area contributed by atoms with Crippen molar-refractivity contribution in [3.63, 3.8) is 0 Å². The molecule has 0 amide bonds. The minimum atomic E-state index is -0.372. The van der Waals surface area contributed by atoms with Crippen LogP contribution in [0.1, 0.15) is 45.4 Å². The molecule has 4 fully saturated rings. The average Bonchev–Trinajstić information content (AvgIpc) is 3.38. The van der Waals surface area contributed by atoms with Crippen molar-refractivity contribution in [2.24, 2.45) is 17.8 Å². The normalized spacial score (nSPS) is 35.5. The highest BCUT2D eigenvalue weighted by molar-refractivity contribution is 8.17. The van der Waals surface area contributed by atoms with Gasteiger partial charge in [0.05, 0.1) is 31.0 Å². The van der Waals surface area contributed by atoms with Crippen molar-refractivity contribution in [2.45, 2.75) is 62.1 Å². The van der Waals surface area contributed by atoms with Crippen molar-refractivity contribution in [1.29, 1.82) is 0 Å². The van der Waals surface area contributed by atoms with Gasteiger partial charge in [0.15, 0.2) is 12.1 Å². The first-order valence-corrected chi connectivity index (χ1v) is 12.8. The van der Waals surface area contributed by atoms with Gasteiger partial charge in [0.1, 0.15) is 0 Å². The summed E-state index contributed by atoms with van der Waals surface area (Å²) in [5, 5.41) is 0. The number of allylic oxidation sites excluding steroid dienone is 2. The van der Waals surface area contributed by atoms with Gasteiger partial charge in [-0.1, -0.05) is 12.2 Å². The molecule has 4 rings (SSSR count). The summed E-state index contributed by atoms with van der Waals surface area (Å²) < 4.78 is 24.8. The van der Waals surface area contributed by atoms with Gasteiger partial charge in [-0.2, -0.15) is 0 Å². The summed E-state index contributed by atoms with van der Waals surface area (Å²) >= 11 is 4.35. The van der Waals surface area contributed by atoms with E-state index >= 15 is 0 Å². The molecule has 1 aliphatic carbocycles. The Morgan fingerprint density at radius 3 is 2.44 bits per heavy atom. The van der Waals surface area contributed by atoms with Crippen molar-refractivity contribution in [3.05, 3.63) is 12.2 Å². The van der Waals surface area contributed by atoms with Crippen LogP contribution in [0.25, 0.3) is 0 Å². The lowest BCUT2D eigenvalue weighted by Crippen LogP contribution is -2.51. The fourth-order valence-electron chi connectivity index (χ4n) is 5.17. The molecule has 27 heavy (non-hydrogen) atoms. The Morgan fingerprint density at radius 1 is 1.00 bits per heavy atom. The first-order chi connectivity index (χ1) is 13.3. The third-order valence-corrected chi connectivity index (χ3v) is 9.59. The summed E-state index contributed by atoms with van der Waals surface area (Å²) in [7, 11) is 0. The van der Waals surface area contributed by atoms with E-state index in [2.05, 4.69) is 42.6 Å². The second-order valence-electron chi connectivity index (χ2n) is 8.10. The van der Waals surface area contributed by atoms with Crippen molar-refractivity contribution < 1.29 is 18.9 Å². The fourth-order valence-corrected chi connectivity index (χ4v) is 8.50. The third kappa shape index (κ3) is 4.89. The second-order valence-corrected chi connectivity index (χ2v) is 10.9. The van der Waals surface area contributed by atoms with E-state index in [1.165, 1.54) is 24.3 Å². The predicted molar refractivity (Wildman–Crippen MR) is 112 cm³/mol. The molecular formula is C21H34O4S2. The maximum absolute atomic E-state index is 6.38. The van der Waals surface area contributed by atoms with Crippen LogP contribution in [0, 0.1) is 17.8 Å². The zero-order chi connectivity index (χ0) is 18.5. The molecule has 0 aromatic carbocycles. The molecule has 1 spiro atoms. The van der Waals surface area contributed by atoms with Crippen LogP contribution in [0.4, 0.5) is 0 Å². The molecule has 6 heteroatoms. The Balaban J connectivity index is 1.50. The highest BCUT2D eigenvalue weighted by Gasteiger charge is 2.54. The van der Waals surface area contributed by atoms with E-state index in [-0.39, 0.29) is 12.1 Å². The van der Waals surface area contributed by atoms with Crippen LogP contribution in [0.15, 0.2) is 12.2 Å². The lowest BCUT2D eigenvalue weighted by Gasteiger charge is -2.50. The maximum Gasteiger partial charge on any atom is 0.172 e. The minimum absolute atomic E-state index is 0.00370. The van der Waals surface area contributed by atoms with E-state index in [4.69, 9.17) is 18.9 Å². The van der Waals surface area contributed by atoms with Crippen molar-refractivity contribution >= 4 is 23.5 Å². The number of thioether (sulfide) groups is 2. The first kappa shape index (κ1) is 20.5. The van der Waals surface area contributed by atoms with Crippen LogP contribution in [-0.4, -0.2) is 54.6 Å². The summed E-state index contributed by atoms with van der Waals surface area (Å²) in [5.41, 5.74) is 0. The summed E-state index contributed by atoms with van der Waals surface area (Å²) in [4.78, 5) is 0. The van der Waals surface area contributed by atoms with Gasteiger partial charge in [0.25, 0.3) is 0 Å². The largest absolute Gasteiger partial charge is 0.350 e. The summed E-state index contributed by atoms with van der Waals surface area (Å²) in [6.45, 7) is 5.09. The van der Waals surface area contributed by atoms with Gasteiger partial charge in [-0.3, -0.25) is 0 Å². The number of hydrogen-bond acceptors (Lipinski definition) is 6. The summed E-state index contributed by atoms with van der Waals surface area (Å²) in [5.74, 6) is 3.98. The fraction of sp³-hybridized carbons (Fsp3) is 0.905. The number of hydrogen-bond donors (Lipinski definition) is 0. The lowest BCUT2D eigenvalue weighted by molar-refractivity contribution is -0.235. The molecule has 0 aromatic heterocycles. The average molecular weight is 415 g/mol. The molecule has 4 aliphatic rings. The topological polar surface area (TPSA) is 36.9 Å². The molecule has 3 aliphatic heterocycles. The molecule has 0 N–H and O–H groups in total. The summed E-state index contributed by atoms with van der Waals surface area (Å²) in [6, 6.07) is 0. The van der Waals surface area contributed by atoms with E-state index in [0.717, 1.165) is 52.1 Å². The number of ether oxygens (including phenoxy) is 4. The lowest BCUT2D eigenvalue weighted by atomic mass is 9.68. The van der Waals surface area contributed by atoms with Crippen LogP contribution in [-0.2, 0) is 18.9 Å². The van der Waals surface area contributed by atoms with E-state index in [0.29, 0.717) is 22.3 Å². The van der Waals surface area contributed by atoms with Gasteiger partial charge in [-0.05, 0) is 62.4 Å². The molecule has 3 saturated heterocycles. The maximum atomic E-state index is 6.38. The molecule has 0 bridgehead atoms. The standard InChI is InChI=1S/C21H34O4S2/c1-2-3-5-18-17(20-26-12-4-13-27-20)14-16(6-7-19-22-8-9-23-19)15-21(18)24-10-11-25-21/h2-3,16-20H,4-15H2,1H3/b3-2+/t16-,17-,18?/m0/s1. The van der Waals surface area contributed by atoms with Crippen LogP contribution in [0.5, 0.6) is 0 Å². The number of rotatable bonds is 6. The Morgan fingerprint density at radius 2 is 1.74 bits per heavy atom. The Hall–Kier alpha value is 0.280. The molecule has 4 nitrogen and oxygen atoms in total. The summed E-state index contributed by atoms with van der Waals surface area (Å²) in [6.07, 6.45) is 11.4. The van der Waals surface area contributed by atoms with Crippen molar-refractivity contribution in [3.8, 4) is 0 Å². The quantitative estimate of drug-likeness (QED) is 0.587. The van der Waals surface area contributed by atoms with Gasteiger partial charge in [0.2, 0.25) is 0 Å². The highest BCUT2D eigenvalue weighted by atomic mass is 32.2. The van der Waals surface area contributed by atoms with Crippen molar-refractivity contribution in [2.75, 3.05) is 37.9 Å². The SMILES string of the molecule is C/C=C/CC1[C@@H](C2SCCCS2)C[C@H](CCC2OCCO2)CC12OCCO2. The first-order valence-electron chi connectivity index (χ1n) is 10.7. The second kappa shape index (κ2) is 9.86. The monoisotopic (exact) mass is 414 g/mol. The molecule has 0 aromatic rings. The van der Waals surface area contributed by atoms with Gasteiger partial charge in [-0.15, -0.1) is 23.5 Å². The van der Waals surface area contributed by atoms with Crippen LogP contribution >= 0.6 is 23.5 Å². The zero-order valence-electron chi connectivity index (χ0n) is 16.5. The molecule has 3 atom stereocenters. The molecular weight excluding hydrogens is 380 g/mol. The Kier molecular flexibility index (Phi) is 7.50. The molecule has 154 valence electrons. The Bertz CT molecular complexity index is 483. The minimum Gasteiger partial charge on any atom is -0.350 e. The highest BCUT2D eigenvalue weighted by Crippen LogP contribution is 2.54. The zero-order valence-corrected chi connectivity index (χ0v) is 18.1. The van der Waals surface area contributed by atoms with E-state index in [1.807, 2.05) is 0 Å². The van der Waals surface area contributed by atoms with Gasteiger partial charge in [-0.25, -0.2) is 0 Å². The molecule has 1 unspecified atom stereocenters. The van der Waals surface area contributed by atoms with E-state index < -0.39 is 0 Å². The van der Waals surface area contributed by atoms with Gasteiger partial charge < -0.3 is 18.9 Å². The molecule has 3 heterocycles. The van der Waals surface area contributed by atoms with E-state index in [1.54, 1.807) is 0 Å². The third-order valence-electron chi connectivity index (χ3n) is 6.37. The van der Waals surface area contributed by atoms with Crippen molar-refractivity contribution in [1.82, 2.24) is 0 Å². The van der Waals surface area contributed by atoms with Crippen LogP contribution in [0.2, 0.25) is 0 Å².